The van der Waals surface area contributed by atoms with Gasteiger partial charge in [-0.1, -0.05) is 13.0 Å². The lowest BCUT2D eigenvalue weighted by molar-refractivity contribution is -0.0338. The van der Waals surface area contributed by atoms with Gasteiger partial charge in [0.15, 0.2) is 5.82 Å². The molecule has 0 amide bonds. The number of nitrogens with zero attached hydrogens (tertiary/aromatic N) is 4. The van der Waals surface area contributed by atoms with Crippen LogP contribution >= 0.6 is 0 Å². The van der Waals surface area contributed by atoms with Crippen LogP contribution in [0.25, 0.3) is 0 Å². The molecular weight excluding hydrogens is 266 g/mol. The van der Waals surface area contributed by atoms with E-state index in [9.17, 15) is 0 Å². The van der Waals surface area contributed by atoms with Crippen molar-refractivity contribution in [3.63, 3.8) is 0 Å². The second kappa shape index (κ2) is 6.78. The van der Waals surface area contributed by atoms with Crippen LogP contribution in [0.1, 0.15) is 30.4 Å². The maximum Gasteiger partial charge on any atom is 0.180 e. The summed E-state index contributed by atoms with van der Waals surface area (Å²) in [5.41, 5.74) is 1.13. The molecule has 1 fully saturated rings. The molecule has 1 saturated heterocycles. The standard InChI is InChI=1S/C15H21N5O/c1-2-14-17-15(19-18-14)13-11-20(9-10-21-13)8-6-12-5-3-4-7-16-12/h3-5,7,13H,2,6,8-11H2,1H3,(H,17,18,19)/t13-/m0/s1. The number of rotatable bonds is 5. The lowest BCUT2D eigenvalue weighted by Crippen LogP contribution is -2.39. The first-order chi connectivity index (χ1) is 10.3. The predicted octanol–water partition coefficient (Wildman–Crippen LogP) is 1.38. The molecule has 2 aromatic heterocycles. The average molecular weight is 287 g/mol. The van der Waals surface area contributed by atoms with Crippen molar-refractivity contribution in [2.45, 2.75) is 25.9 Å². The molecule has 3 heterocycles. The number of aromatic nitrogens is 4. The van der Waals surface area contributed by atoms with Crippen molar-refractivity contribution in [2.75, 3.05) is 26.2 Å². The zero-order chi connectivity index (χ0) is 14.5. The Kier molecular flexibility index (Phi) is 4.57. The second-order valence-corrected chi connectivity index (χ2v) is 5.22. The molecule has 1 aliphatic heterocycles. The van der Waals surface area contributed by atoms with Gasteiger partial charge in [-0.3, -0.25) is 15.0 Å². The van der Waals surface area contributed by atoms with Crippen LogP contribution in [0.3, 0.4) is 0 Å². The van der Waals surface area contributed by atoms with Gasteiger partial charge in [-0.2, -0.15) is 5.10 Å². The maximum absolute atomic E-state index is 5.80. The quantitative estimate of drug-likeness (QED) is 0.900. The minimum absolute atomic E-state index is 0.0287. The van der Waals surface area contributed by atoms with E-state index < -0.39 is 0 Å². The molecule has 6 heteroatoms. The predicted molar refractivity (Wildman–Crippen MR) is 78.8 cm³/mol. The largest absolute Gasteiger partial charge is 0.367 e. The highest BCUT2D eigenvalue weighted by atomic mass is 16.5. The summed E-state index contributed by atoms with van der Waals surface area (Å²) in [5.74, 6) is 1.69. The van der Waals surface area contributed by atoms with Crippen LogP contribution in [0.2, 0.25) is 0 Å². The second-order valence-electron chi connectivity index (χ2n) is 5.22. The van der Waals surface area contributed by atoms with Crippen LogP contribution < -0.4 is 0 Å². The first-order valence-corrected chi connectivity index (χ1v) is 7.50. The topological polar surface area (TPSA) is 66.9 Å². The summed E-state index contributed by atoms with van der Waals surface area (Å²) >= 11 is 0. The lowest BCUT2D eigenvalue weighted by atomic mass is 10.2. The number of morpholine rings is 1. The van der Waals surface area contributed by atoms with Gasteiger partial charge in [-0.05, 0) is 12.1 Å². The van der Waals surface area contributed by atoms with Crippen LogP contribution in [-0.4, -0.2) is 51.3 Å². The molecule has 0 unspecified atom stereocenters. The summed E-state index contributed by atoms with van der Waals surface area (Å²) in [6, 6.07) is 6.05. The number of pyridine rings is 1. The zero-order valence-corrected chi connectivity index (χ0v) is 12.3. The third kappa shape index (κ3) is 3.65. The molecule has 0 aromatic carbocycles. The highest BCUT2D eigenvalue weighted by Crippen LogP contribution is 2.19. The van der Waals surface area contributed by atoms with E-state index in [1.54, 1.807) is 0 Å². The summed E-state index contributed by atoms with van der Waals surface area (Å²) in [7, 11) is 0. The molecule has 3 rings (SSSR count). The normalized spacial score (nSPS) is 19.8. The van der Waals surface area contributed by atoms with Crippen molar-refractivity contribution < 1.29 is 4.74 Å². The van der Waals surface area contributed by atoms with Gasteiger partial charge < -0.3 is 4.74 Å². The Hall–Kier alpha value is -1.79. The van der Waals surface area contributed by atoms with Crippen LogP contribution in [0, 0.1) is 0 Å². The molecule has 112 valence electrons. The summed E-state index contributed by atoms with van der Waals surface area (Å²) < 4.78 is 5.80. The molecule has 0 bridgehead atoms. The number of aromatic amines is 1. The third-order valence-corrected chi connectivity index (χ3v) is 3.73. The van der Waals surface area contributed by atoms with E-state index in [0.29, 0.717) is 0 Å². The zero-order valence-electron chi connectivity index (χ0n) is 12.3. The van der Waals surface area contributed by atoms with Gasteiger partial charge in [0, 0.05) is 44.4 Å². The molecule has 6 nitrogen and oxygen atoms in total. The Morgan fingerprint density at radius 2 is 2.38 bits per heavy atom. The van der Waals surface area contributed by atoms with Crippen LogP contribution in [0.15, 0.2) is 24.4 Å². The molecule has 0 saturated carbocycles. The lowest BCUT2D eigenvalue weighted by Gasteiger charge is -2.31. The van der Waals surface area contributed by atoms with Crippen molar-refractivity contribution >= 4 is 0 Å². The van der Waals surface area contributed by atoms with Crippen molar-refractivity contribution in [2.24, 2.45) is 0 Å². The Morgan fingerprint density at radius 1 is 1.43 bits per heavy atom. The first kappa shape index (κ1) is 14.2. The van der Waals surface area contributed by atoms with Crippen LogP contribution in [0.4, 0.5) is 0 Å². The fraction of sp³-hybridized carbons (Fsp3) is 0.533. The van der Waals surface area contributed by atoms with E-state index in [4.69, 9.17) is 4.74 Å². The van der Waals surface area contributed by atoms with Gasteiger partial charge in [0.05, 0.1) is 6.61 Å². The number of ether oxygens (including phenoxy) is 1. The van der Waals surface area contributed by atoms with E-state index in [2.05, 4.69) is 38.1 Å². The van der Waals surface area contributed by atoms with Gasteiger partial charge >= 0.3 is 0 Å². The summed E-state index contributed by atoms with van der Waals surface area (Å²) in [6.07, 6.45) is 3.64. The van der Waals surface area contributed by atoms with Gasteiger partial charge in [-0.15, -0.1) is 0 Å². The Balaban J connectivity index is 1.55. The number of H-pyrrole nitrogens is 1. The van der Waals surface area contributed by atoms with E-state index in [-0.39, 0.29) is 6.10 Å². The van der Waals surface area contributed by atoms with Crippen molar-refractivity contribution in [1.29, 1.82) is 0 Å². The van der Waals surface area contributed by atoms with Crippen LogP contribution in [0.5, 0.6) is 0 Å². The number of hydrogen-bond donors (Lipinski definition) is 1. The molecule has 0 spiro atoms. The first-order valence-electron chi connectivity index (χ1n) is 7.50. The van der Waals surface area contributed by atoms with Gasteiger partial charge in [0.1, 0.15) is 11.9 Å². The molecule has 1 N–H and O–H groups in total. The SMILES string of the molecule is CCc1nc([C@@H]2CN(CCc3ccccn3)CCO2)n[nH]1. The average Bonchev–Trinajstić information content (AvgIpc) is 3.03. The summed E-state index contributed by atoms with van der Waals surface area (Å²) in [5, 5.41) is 7.22. The van der Waals surface area contributed by atoms with E-state index in [0.717, 1.165) is 56.4 Å². The molecule has 1 atom stereocenters. The molecule has 0 radical (unpaired) electrons. The van der Waals surface area contributed by atoms with Gasteiger partial charge in [0.2, 0.25) is 0 Å². The molecule has 1 aliphatic rings. The van der Waals surface area contributed by atoms with E-state index >= 15 is 0 Å². The van der Waals surface area contributed by atoms with Crippen molar-refractivity contribution in [1.82, 2.24) is 25.1 Å². The minimum Gasteiger partial charge on any atom is -0.367 e. The summed E-state index contributed by atoms with van der Waals surface area (Å²) in [4.78, 5) is 11.2. The van der Waals surface area contributed by atoms with E-state index in [1.807, 2.05) is 18.3 Å². The Labute approximate surface area is 124 Å². The van der Waals surface area contributed by atoms with Gasteiger partial charge in [0.25, 0.3) is 0 Å². The maximum atomic E-state index is 5.80. The molecular formula is C15H21N5O. The fourth-order valence-corrected chi connectivity index (χ4v) is 2.49. The van der Waals surface area contributed by atoms with Crippen LogP contribution in [-0.2, 0) is 17.6 Å². The Morgan fingerprint density at radius 3 is 3.14 bits per heavy atom. The van der Waals surface area contributed by atoms with E-state index in [1.165, 1.54) is 0 Å². The molecule has 2 aromatic rings. The summed E-state index contributed by atoms with van der Waals surface area (Å²) in [6.45, 7) is 5.57. The smallest absolute Gasteiger partial charge is 0.180 e. The van der Waals surface area contributed by atoms with Gasteiger partial charge in [-0.25, -0.2) is 4.98 Å². The highest BCUT2D eigenvalue weighted by molar-refractivity contribution is 5.04. The molecule has 0 aliphatic carbocycles. The fourth-order valence-electron chi connectivity index (χ4n) is 2.49. The third-order valence-electron chi connectivity index (χ3n) is 3.73. The highest BCUT2D eigenvalue weighted by Gasteiger charge is 2.25. The Bertz CT molecular complexity index is 556. The number of hydrogen-bond acceptors (Lipinski definition) is 5. The van der Waals surface area contributed by atoms with Crippen molar-refractivity contribution in [3.05, 3.63) is 41.7 Å². The number of nitrogens with one attached hydrogen (secondary N) is 1. The molecule has 21 heavy (non-hydrogen) atoms. The minimum atomic E-state index is -0.0287. The van der Waals surface area contributed by atoms with Crippen molar-refractivity contribution in [3.8, 4) is 0 Å². The number of aryl methyl sites for hydroxylation is 1. The monoisotopic (exact) mass is 287 g/mol.